The number of benzene rings is 1. The third kappa shape index (κ3) is 4.32. The van der Waals surface area contributed by atoms with E-state index < -0.39 is 5.97 Å². The lowest BCUT2D eigenvalue weighted by atomic mass is 10.0. The van der Waals surface area contributed by atoms with Crippen molar-refractivity contribution < 1.29 is 18.7 Å². The van der Waals surface area contributed by atoms with E-state index in [0.717, 1.165) is 31.4 Å². The molecule has 4 rings (SSSR count). The summed E-state index contributed by atoms with van der Waals surface area (Å²) in [6.45, 7) is 3.80. The fourth-order valence-electron chi connectivity index (χ4n) is 3.91. The molecule has 1 aliphatic heterocycles. The van der Waals surface area contributed by atoms with E-state index in [9.17, 15) is 9.18 Å². The molecule has 0 amide bonds. The van der Waals surface area contributed by atoms with Crippen LogP contribution in [0.25, 0.3) is 5.65 Å². The van der Waals surface area contributed by atoms with Gasteiger partial charge in [0.05, 0.1) is 25.5 Å². The summed E-state index contributed by atoms with van der Waals surface area (Å²) >= 11 is 0. The Morgan fingerprint density at radius 1 is 1.35 bits per heavy atom. The number of anilines is 1. The van der Waals surface area contributed by atoms with Crippen LogP contribution < -0.4 is 15.4 Å². The number of halogens is 1. The molecular formula is C22H26FN5O3. The Hall–Kier alpha value is -3.20. The highest BCUT2D eigenvalue weighted by molar-refractivity contribution is 5.95. The Balaban J connectivity index is 1.68. The first-order valence-corrected chi connectivity index (χ1v) is 10.5. The molecule has 31 heavy (non-hydrogen) atoms. The van der Waals surface area contributed by atoms with Crippen LogP contribution >= 0.6 is 0 Å². The van der Waals surface area contributed by atoms with Gasteiger partial charge in [-0.25, -0.2) is 18.7 Å². The van der Waals surface area contributed by atoms with Gasteiger partial charge in [0.1, 0.15) is 22.9 Å². The van der Waals surface area contributed by atoms with Crippen LogP contribution in [0.15, 0.2) is 36.7 Å². The van der Waals surface area contributed by atoms with Crippen LogP contribution in [-0.2, 0) is 4.74 Å². The number of carbonyl (C=O) groups excluding carboxylic acids is 1. The van der Waals surface area contributed by atoms with Gasteiger partial charge >= 0.3 is 5.97 Å². The van der Waals surface area contributed by atoms with Crippen molar-refractivity contribution in [1.29, 1.82) is 0 Å². The van der Waals surface area contributed by atoms with Gasteiger partial charge < -0.3 is 20.1 Å². The number of esters is 1. The van der Waals surface area contributed by atoms with Gasteiger partial charge in [-0.1, -0.05) is 0 Å². The normalized spacial score (nSPS) is 16.1. The van der Waals surface area contributed by atoms with E-state index in [0.29, 0.717) is 35.9 Å². The highest BCUT2D eigenvalue weighted by Crippen LogP contribution is 2.39. The van der Waals surface area contributed by atoms with E-state index in [2.05, 4.69) is 10.00 Å². The SMILES string of the molecule is CCOC(=O)c1cnn2ccc(N3CCC[C@@H]3c3cc(F)ccc3OCCCN)nc12. The fourth-order valence-corrected chi connectivity index (χ4v) is 3.91. The number of fused-ring (bicyclic) bond motifs is 1. The predicted octanol–water partition coefficient (Wildman–Crippen LogP) is 3.11. The molecule has 164 valence electrons. The minimum Gasteiger partial charge on any atom is -0.493 e. The van der Waals surface area contributed by atoms with Crippen molar-refractivity contribution in [3.05, 3.63) is 53.6 Å². The minimum atomic E-state index is -0.458. The Bertz CT molecular complexity index is 1070. The summed E-state index contributed by atoms with van der Waals surface area (Å²) < 4.78 is 26.7. The second kappa shape index (κ2) is 9.30. The van der Waals surface area contributed by atoms with Crippen molar-refractivity contribution in [3.63, 3.8) is 0 Å². The molecule has 9 heteroatoms. The Morgan fingerprint density at radius 3 is 3.03 bits per heavy atom. The summed E-state index contributed by atoms with van der Waals surface area (Å²) in [5.74, 6) is 0.584. The first-order valence-electron chi connectivity index (χ1n) is 10.5. The fraction of sp³-hybridized carbons (Fsp3) is 0.409. The summed E-state index contributed by atoms with van der Waals surface area (Å²) in [5, 5.41) is 4.19. The molecular weight excluding hydrogens is 401 g/mol. The lowest BCUT2D eigenvalue weighted by Crippen LogP contribution is -2.24. The molecule has 0 radical (unpaired) electrons. The molecule has 0 bridgehead atoms. The van der Waals surface area contributed by atoms with Gasteiger partial charge in [-0.15, -0.1) is 0 Å². The van der Waals surface area contributed by atoms with Crippen molar-refractivity contribution in [2.45, 2.75) is 32.2 Å². The molecule has 0 spiro atoms. The van der Waals surface area contributed by atoms with Gasteiger partial charge in [0.2, 0.25) is 0 Å². The molecule has 0 unspecified atom stereocenters. The molecule has 1 saturated heterocycles. The second-order valence-corrected chi connectivity index (χ2v) is 7.36. The molecule has 3 aromatic rings. The molecule has 0 saturated carbocycles. The summed E-state index contributed by atoms with van der Waals surface area (Å²) in [6, 6.07) is 6.36. The van der Waals surface area contributed by atoms with E-state index >= 15 is 0 Å². The quantitative estimate of drug-likeness (QED) is 0.436. The van der Waals surface area contributed by atoms with Crippen LogP contribution in [0.3, 0.4) is 0 Å². The number of hydrogen-bond acceptors (Lipinski definition) is 7. The zero-order valence-electron chi connectivity index (χ0n) is 17.5. The number of nitrogens with two attached hydrogens (primary N) is 1. The van der Waals surface area contributed by atoms with Crippen molar-refractivity contribution in [2.75, 3.05) is 31.2 Å². The maximum absolute atomic E-state index is 14.1. The maximum atomic E-state index is 14.1. The first-order chi connectivity index (χ1) is 15.1. The van der Waals surface area contributed by atoms with E-state index in [4.69, 9.17) is 20.2 Å². The zero-order valence-corrected chi connectivity index (χ0v) is 17.5. The lowest BCUT2D eigenvalue weighted by Gasteiger charge is -2.27. The average Bonchev–Trinajstić information content (AvgIpc) is 3.41. The second-order valence-electron chi connectivity index (χ2n) is 7.36. The number of hydrogen-bond donors (Lipinski definition) is 1. The molecule has 1 atom stereocenters. The minimum absolute atomic E-state index is 0.0903. The van der Waals surface area contributed by atoms with E-state index in [-0.39, 0.29) is 18.5 Å². The van der Waals surface area contributed by atoms with Crippen LogP contribution in [0.1, 0.15) is 48.1 Å². The van der Waals surface area contributed by atoms with Crippen molar-refractivity contribution in [1.82, 2.24) is 14.6 Å². The van der Waals surface area contributed by atoms with Crippen LogP contribution in [0.2, 0.25) is 0 Å². The Morgan fingerprint density at radius 2 is 2.23 bits per heavy atom. The van der Waals surface area contributed by atoms with Crippen LogP contribution in [0.4, 0.5) is 10.2 Å². The average molecular weight is 427 g/mol. The summed E-state index contributed by atoms with van der Waals surface area (Å²) in [4.78, 5) is 19.1. The molecule has 2 N–H and O–H groups in total. The highest BCUT2D eigenvalue weighted by atomic mass is 19.1. The largest absolute Gasteiger partial charge is 0.493 e. The molecule has 0 aliphatic carbocycles. The van der Waals surface area contributed by atoms with Gasteiger partial charge in [-0.2, -0.15) is 5.10 Å². The molecule has 1 aliphatic rings. The van der Waals surface area contributed by atoms with Crippen LogP contribution in [-0.4, -0.2) is 46.9 Å². The number of nitrogens with zero attached hydrogens (tertiary/aromatic N) is 4. The molecule has 1 fully saturated rings. The lowest BCUT2D eigenvalue weighted by molar-refractivity contribution is 0.0528. The topological polar surface area (TPSA) is 95.0 Å². The van der Waals surface area contributed by atoms with E-state index in [1.165, 1.54) is 18.3 Å². The number of aromatic nitrogens is 3. The van der Waals surface area contributed by atoms with Gasteiger partial charge in [0, 0.05) is 18.3 Å². The molecule has 8 nitrogen and oxygen atoms in total. The van der Waals surface area contributed by atoms with Gasteiger partial charge in [-0.05, 0) is 57.0 Å². The van der Waals surface area contributed by atoms with Crippen molar-refractivity contribution in [3.8, 4) is 5.75 Å². The summed E-state index contributed by atoms with van der Waals surface area (Å²) in [6.07, 6.45) is 5.72. The zero-order chi connectivity index (χ0) is 21.8. The molecule has 1 aromatic carbocycles. The third-order valence-corrected chi connectivity index (χ3v) is 5.33. The third-order valence-electron chi connectivity index (χ3n) is 5.33. The Kier molecular flexibility index (Phi) is 6.31. The summed E-state index contributed by atoms with van der Waals surface area (Å²) in [5.41, 5.74) is 7.10. The maximum Gasteiger partial charge on any atom is 0.343 e. The summed E-state index contributed by atoms with van der Waals surface area (Å²) in [7, 11) is 0. The number of carbonyl (C=O) groups is 1. The molecule has 2 aromatic heterocycles. The first kappa shape index (κ1) is 21.0. The number of ether oxygens (including phenoxy) is 2. The van der Waals surface area contributed by atoms with Gasteiger partial charge in [0.25, 0.3) is 0 Å². The Labute approximate surface area is 179 Å². The smallest absolute Gasteiger partial charge is 0.343 e. The van der Waals surface area contributed by atoms with Gasteiger partial charge in [-0.3, -0.25) is 0 Å². The number of rotatable bonds is 8. The standard InChI is InChI=1S/C22H26FN5O3/c1-2-30-22(29)17-14-25-28-11-8-20(26-21(17)28)27-10-3-5-18(27)16-13-15(23)6-7-19(16)31-12-4-9-24/h6-8,11,13-14,18H,2-5,9-10,12,24H2,1H3/t18-/m1/s1. The molecule has 3 heterocycles. The van der Waals surface area contributed by atoms with Crippen molar-refractivity contribution >= 4 is 17.4 Å². The van der Waals surface area contributed by atoms with Crippen molar-refractivity contribution in [2.24, 2.45) is 5.73 Å². The highest BCUT2D eigenvalue weighted by Gasteiger charge is 2.30. The monoisotopic (exact) mass is 427 g/mol. The predicted molar refractivity (Wildman–Crippen MR) is 114 cm³/mol. The van der Waals surface area contributed by atoms with Gasteiger partial charge in [0.15, 0.2) is 5.65 Å². The van der Waals surface area contributed by atoms with E-state index in [1.54, 1.807) is 23.7 Å². The van der Waals surface area contributed by atoms with Crippen LogP contribution in [0.5, 0.6) is 5.75 Å². The van der Waals surface area contributed by atoms with E-state index in [1.807, 2.05) is 6.07 Å². The van der Waals surface area contributed by atoms with Crippen LogP contribution in [0, 0.1) is 5.82 Å².